The van der Waals surface area contributed by atoms with Gasteiger partial charge in [-0.1, -0.05) is 12.1 Å². The van der Waals surface area contributed by atoms with Crippen LogP contribution in [0.15, 0.2) is 29.2 Å². The standard InChI is InChI=1S/C14H17F3O2S/c15-14(16,17)20-12-6-3-10(4-7-12)13(18)8-5-11-2-1-9-19-11/h3-4,6-7,11,13,18H,1-2,5,8-9H2. The highest BCUT2D eigenvalue weighted by molar-refractivity contribution is 8.00. The van der Waals surface area contributed by atoms with Crippen LogP contribution >= 0.6 is 11.8 Å². The molecule has 2 atom stereocenters. The van der Waals surface area contributed by atoms with Crippen molar-refractivity contribution in [2.24, 2.45) is 0 Å². The zero-order valence-electron chi connectivity index (χ0n) is 10.9. The molecule has 2 nitrogen and oxygen atoms in total. The Morgan fingerprint density at radius 3 is 2.55 bits per heavy atom. The van der Waals surface area contributed by atoms with Gasteiger partial charge in [-0.15, -0.1) is 0 Å². The lowest BCUT2D eigenvalue weighted by atomic mass is 10.0. The fourth-order valence-electron chi connectivity index (χ4n) is 2.27. The van der Waals surface area contributed by atoms with E-state index in [4.69, 9.17) is 4.74 Å². The Morgan fingerprint density at radius 2 is 2.00 bits per heavy atom. The fourth-order valence-corrected chi connectivity index (χ4v) is 2.81. The largest absolute Gasteiger partial charge is 0.446 e. The van der Waals surface area contributed by atoms with E-state index in [-0.39, 0.29) is 22.8 Å². The maximum absolute atomic E-state index is 12.2. The first kappa shape index (κ1) is 15.7. The lowest BCUT2D eigenvalue weighted by molar-refractivity contribution is -0.0328. The second-order valence-corrected chi connectivity index (χ2v) is 5.98. The molecule has 0 bridgehead atoms. The van der Waals surface area contributed by atoms with E-state index in [0.29, 0.717) is 12.0 Å². The van der Waals surface area contributed by atoms with Crippen molar-refractivity contribution in [3.8, 4) is 0 Å². The number of hydrogen-bond acceptors (Lipinski definition) is 3. The second-order valence-electron chi connectivity index (χ2n) is 4.85. The average molecular weight is 306 g/mol. The number of halogens is 3. The molecule has 20 heavy (non-hydrogen) atoms. The van der Waals surface area contributed by atoms with Crippen LogP contribution in [0.2, 0.25) is 0 Å². The molecule has 0 aliphatic carbocycles. The highest BCUT2D eigenvalue weighted by Gasteiger charge is 2.29. The number of ether oxygens (including phenoxy) is 1. The van der Waals surface area contributed by atoms with Crippen molar-refractivity contribution in [1.29, 1.82) is 0 Å². The van der Waals surface area contributed by atoms with Gasteiger partial charge < -0.3 is 9.84 Å². The Morgan fingerprint density at radius 1 is 1.30 bits per heavy atom. The Kier molecular flexibility index (Phi) is 5.35. The summed E-state index contributed by atoms with van der Waals surface area (Å²) in [7, 11) is 0. The summed E-state index contributed by atoms with van der Waals surface area (Å²) < 4.78 is 42.1. The number of benzene rings is 1. The van der Waals surface area contributed by atoms with Gasteiger partial charge in [-0.05, 0) is 55.1 Å². The summed E-state index contributed by atoms with van der Waals surface area (Å²) in [5.41, 5.74) is -3.63. The molecule has 1 aromatic rings. The molecule has 0 amide bonds. The van der Waals surface area contributed by atoms with Crippen molar-refractivity contribution in [3.63, 3.8) is 0 Å². The maximum atomic E-state index is 12.2. The summed E-state index contributed by atoms with van der Waals surface area (Å²) in [6, 6.07) is 5.88. The highest BCUT2D eigenvalue weighted by Crippen LogP contribution is 2.37. The number of aliphatic hydroxyl groups is 1. The molecule has 0 aromatic heterocycles. The van der Waals surface area contributed by atoms with E-state index in [1.807, 2.05) is 0 Å². The topological polar surface area (TPSA) is 29.5 Å². The number of hydrogen-bond donors (Lipinski definition) is 1. The summed E-state index contributed by atoms with van der Waals surface area (Å²) in [5, 5.41) is 10.0. The number of thioether (sulfide) groups is 1. The van der Waals surface area contributed by atoms with Crippen LogP contribution in [-0.2, 0) is 4.74 Å². The zero-order chi connectivity index (χ0) is 14.6. The van der Waals surface area contributed by atoms with Crippen LogP contribution in [0, 0.1) is 0 Å². The molecule has 1 N–H and O–H groups in total. The van der Waals surface area contributed by atoms with Gasteiger partial charge in [0.2, 0.25) is 0 Å². The number of alkyl halides is 3. The molecule has 1 heterocycles. The third-order valence-corrected chi connectivity index (χ3v) is 4.02. The lowest BCUT2D eigenvalue weighted by Crippen LogP contribution is -2.08. The third-order valence-electron chi connectivity index (χ3n) is 3.28. The van der Waals surface area contributed by atoms with E-state index in [1.54, 1.807) is 12.1 Å². The van der Waals surface area contributed by atoms with Crippen LogP contribution in [0.25, 0.3) is 0 Å². The molecule has 1 aromatic carbocycles. The van der Waals surface area contributed by atoms with Gasteiger partial charge in [0.15, 0.2) is 0 Å². The van der Waals surface area contributed by atoms with E-state index >= 15 is 0 Å². The van der Waals surface area contributed by atoms with Crippen LogP contribution in [-0.4, -0.2) is 23.3 Å². The van der Waals surface area contributed by atoms with Crippen LogP contribution in [0.4, 0.5) is 13.2 Å². The average Bonchev–Trinajstić information content (AvgIpc) is 2.88. The van der Waals surface area contributed by atoms with Gasteiger partial charge in [0.25, 0.3) is 0 Å². The van der Waals surface area contributed by atoms with Gasteiger partial charge in [-0.2, -0.15) is 13.2 Å². The van der Waals surface area contributed by atoms with Gasteiger partial charge in [0, 0.05) is 11.5 Å². The first-order chi connectivity index (χ1) is 9.44. The van der Waals surface area contributed by atoms with E-state index < -0.39 is 11.6 Å². The van der Waals surface area contributed by atoms with Crippen LogP contribution in [0.1, 0.15) is 37.4 Å². The predicted molar refractivity (Wildman–Crippen MR) is 71.5 cm³/mol. The Hall–Kier alpha value is -0.720. The molecule has 2 unspecified atom stereocenters. The van der Waals surface area contributed by atoms with E-state index in [1.165, 1.54) is 12.1 Å². The minimum atomic E-state index is -4.28. The quantitative estimate of drug-likeness (QED) is 0.823. The first-order valence-corrected chi connectivity index (χ1v) is 7.41. The summed E-state index contributed by atoms with van der Waals surface area (Å²) in [4.78, 5) is 0.132. The van der Waals surface area contributed by atoms with Crippen molar-refractivity contribution in [2.75, 3.05) is 6.61 Å². The number of rotatable bonds is 5. The van der Waals surface area contributed by atoms with Crippen molar-refractivity contribution >= 4 is 11.8 Å². The molecule has 1 saturated heterocycles. The van der Waals surface area contributed by atoms with Gasteiger partial charge in [0.05, 0.1) is 12.2 Å². The molecule has 0 spiro atoms. The SMILES string of the molecule is OC(CCC1CCCO1)c1ccc(SC(F)(F)F)cc1. The van der Waals surface area contributed by atoms with Crippen molar-refractivity contribution < 1.29 is 23.0 Å². The van der Waals surface area contributed by atoms with E-state index in [9.17, 15) is 18.3 Å². The lowest BCUT2D eigenvalue weighted by Gasteiger charge is -2.14. The molecule has 2 rings (SSSR count). The molecular formula is C14H17F3O2S. The maximum Gasteiger partial charge on any atom is 0.446 e. The molecule has 1 fully saturated rings. The summed E-state index contributed by atoms with van der Waals surface area (Å²) >= 11 is -0.147. The normalized spacial score (nSPS) is 21.1. The highest BCUT2D eigenvalue weighted by atomic mass is 32.2. The molecule has 6 heteroatoms. The van der Waals surface area contributed by atoms with Crippen molar-refractivity contribution in [2.45, 2.75) is 48.3 Å². The fraction of sp³-hybridized carbons (Fsp3) is 0.571. The summed E-state index contributed by atoms with van der Waals surface area (Å²) in [5.74, 6) is 0. The van der Waals surface area contributed by atoms with E-state index in [0.717, 1.165) is 25.9 Å². The third kappa shape index (κ3) is 5.00. The predicted octanol–water partition coefficient (Wildman–Crippen LogP) is 4.29. The van der Waals surface area contributed by atoms with Crippen LogP contribution in [0.3, 0.4) is 0 Å². The molecule has 1 aliphatic rings. The monoisotopic (exact) mass is 306 g/mol. The van der Waals surface area contributed by atoms with Crippen LogP contribution < -0.4 is 0 Å². The smallest absolute Gasteiger partial charge is 0.388 e. The van der Waals surface area contributed by atoms with Crippen molar-refractivity contribution in [1.82, 2.24) is 0 Å². The molecular weight excluding hydrogens is 289 g/mol. The molecule has 1 aliphatic heterocycles. The zero-order valence-corrected chi connectivity index (χ0v) is 11.7. The Bertz CT molecular complexity index is 413. The molecule has 112 valence electrons. The Labute approximate surface area is 120 Å². The first-order valence-electron chi connectivity index (χ1n) is 6.59. The van der Waals surface area contributed by atoms with Gasteiger partial charge in [-0.3, -0.25) is 0 Å². The summed E-state index contributed by atoms with van der Waals surface area (Å²) in [6.45, 7) is 0.782. The van der Waals surface area contributed by atoms with Gasteiger partial charge >= 0.3 is 5.51 Å². The summed E-state index contributed by atoms with van der Waals surface area (Å²) in [6.07, 6.45) is 2.99. The van der Waals surface area contributed by atoms with E-state index in [2.05, 4.69) is 0 Å². The minimum Gasteiger partial charge on any atom is -0.388 e. The minimum absolute atomic E-state index is 0.132. The van der Waals surface area contributed by atoms with Gasteiger partial charge in [0.1, 0.15) is 0 Å². The van der Waals surface area contributed by atoms with Gasteiger partial charge in [-0.25, -0.2) is 0 Å². The molecule has 0 radical (unpaired) electrons. The van der Waals surface area contributed by atoms with Crippen LogP contribution in [0.5, 0.6) is 0 Å². The second kappa shape index (κ2) is 6.83. The Balaban J connectivity index is 1.85. The van der Waals surface area contributed by atoms with Crippen molar-refractivity contribution in [3.05, 3.63) is 29.8 Å². The number of aliphatic hydroxyl groups excluding tert-OH is 1. The molecule has 0 saturated carbocycles.